The molecule has 0 amide bonds. The van der Waals surface area contributed by atoms with Crippen molar-refractivity contribution in [3.05, 3.63) is 0 Å². The molecule has 2 aliphatic rings. The first-order valence-corrected chi connectivity index (χ1v) is 5.51. The standard InChI is InChI=1S/C11H22N2/c1-8(2)13-7-9-5-12-6-10(9)11(13,3)4/h8-10,12H,5-7H2,1-4H3. The third kappa shape index (κ3) is 1.31. The lowest BCUT2D eigenvalue weighted by Gasteiger charge is -2.38. The number of likely N-dealkylation sites (tertiary alicyclic amines) is 1. The van der Waals surface area contributed by atoms with Gasteiger partial charge in [-0.1, -0.05) is 0 Å². The summed E-state index contributed by atoms with van der Waals surface area (Å²) in [7, 11) is 0. The fraction of sp³-hybridized carbons (Fsp3) is 1.00. The van der Waals surface area contributed by atoms with E-state index in [1.165, 1.54) is 19.6 Å². The van der Waals surface area contributed by atoms with Crippen molar-refractivity contribution in [2.45, 2.75) is 39.3 Å². The fourth-order valence-corrected chi connectivity index (χ4v) is 3.33. The average Bonchev–Trinajstić information content (AvgIpc) is 2.52. The Morgan fingerprint density at radius 2 is 2.00 bits per heavy atom. The van der Waals surface area contributed by atoms with Crippen LogP contribution in [0.5, 0.6) is 0 Å². The minimum Gasteiger partial charge on any atom is -0.316 e. The number of nitrogens with one attached hydrogen (secondary N) is 1. The molecular formula is C11H22N2. The van der Waals surface area contributed by atoms with Gasteiger partial charge in [-0.05, 0) is 46.1 Å². The van der Waals surface area contributed by atoms with Crippen molar-refractivity contribution >= 4 is 0 Å². The van der Waals surface area contributed by atoms with Crippen molar-refractivity contribution < 1.29 is 0 Å². The van der Waals surface area contributed by atoms with E-state index in [9.17, 15) is 0 Å². The van der Waals surface area contributed by atoms with Crippen LogP contribution in [0.2, 0.25) is 0 Å². The van der Waals surface area contributed by atoms with Crippen LogP contribution in [0.25, 0.3) is 0 Å². The summed E-state index contributed by atoms with van der Waals surface area (Å²) in [5, 5.41) is 3.51. The van der Waals surface area contributed by atoms with E-state index in [0.717, 1.165) is 11.8 Å². The summed E-state index contributed by atoms with van der Waals surface area (Å²) in [5.74, 6) is 1.77. The molecule has 2 fully saturated rings. The molecule has 0 saturated carbocycles. The third-order valence-electron chi connectivity index (χ3n) is 4.04. The van der Waals surface area contributed by atoms with Crippen LogP contribution in [0.3, 0.4) is 0 Å². The normalized spacial score (nSPS) is 38.5. The second-order valence-electron chi connectivity index (χ2n) is 5.42. The Balaban J connectivity index is 2.18. The molecule has 0 radical (unpaired) electrons. The van der Waals surface area contributed by atoms with Gasteiger partial charge in [-0.15, -0.1) is 0 Å². The van der Waals surface area contributed by atoms with Crippen molar-refractivity contribution in [2.24, 2.45) is 11.8 Å². The van der Waals surface area contributed by atoms with Crippen molar-refractivity contribution in [2.75, 3.05) is 19.6 Å². The van der Waals surface area contributed by atoms with E-state index in [1.807, 2.05) is 0 Å². The predicted octanol–water partition coefficient (Wildman–Crippen LogP) is 1.32. The molecule has 2 saturated heterocycles. The summed E-state index contributed by atoms with van der Waals surface area (Å²) < 4.78 is 0. The van der Waals surface area contributed by atoms with Crippen LogP contribution in [0, 0.1) is 11.8 Å². The maximum atomic E-state index is 3.51. The highest BCUT2D eigenvalue weighted by Crippen LogP contribution is 2.41. The Bertz CT molecular complexity index is 198. The van der Waals surface area contributed by atoms with E-state index >= 15 is 0 Å². The molecule has 0 aromatic heterocycles. The lowest BCUT2D eigenvalue weighted by molar-refractivity contribution is 0.106. The molecule has 0 aromatic carbocycles. The fourth-order valence-electron chi connectivity index (χ4n) is 3.33. The van der Waals surface area contributed by atoms with Crippen LogP contribution in [0.4, 0.5) is 0 Å². The summed E-state index contributed by atoms with van der Waals surface area (Å²) in [5.41, 5.74) is 0.405. The smallest absolute Gasteiger partial charge is 0.0199 e. The molecule has 1 N–H and O–H groups in total. The van der Waals surface area contributed by atoms with Crippen LogP contribution in [-0.4, -0.2) is 36.1 Å². The molecule has 2 heteroatoms. The first-order chi connectivity index (χ1) is 6.03. The van der Waals surface area contributed by atoms with Crippen LogP contribution in [0.1, 0.15) is 27.7 Å². The van der Waals surface area contributed by atoms with Crippen LogP contribution >= 0.6 is 0 Å². The van der Waals surface area contributed by atoms with Crippen molar-refractivity contribution in [1.82, 2.24) is 10.2 Å². The number of rotatable bonds is 1. The topological polar surface area (TPSA) is 15.3 Å². The van der Waals surface area contributed by atoms with Gasteiger partial charge in [0.1, 0.15) is 0 Å². The van der Waals surface area contributed by atoms with Crippen molar-refractivity contribution in [3.8, 4) is 0 Å². The van der Waals surface area contributed by atoms with E-state index in [1.54, 1.807) is 0 Å². The van der Waals surface area contributed by atoms with E-state index in [2.05, 4.69) is 37.9 Å². The minimum absolute atomic E-state index is 0.405. The predicted molar refractivity (Wildman–Crippen MR) is 55.8 cm³/mol. The highest BCUT2D eigenvalue weighted by Gasteiger charge is 2.49. The zero-order valence-corrected chi connectivity index (χ0v) is 9.30. The molecule has 13 heavy (non-hydrogen) atoms. The van der Waals surface area contributed by atoms with Gasteiger partial charge in [-0.3, -0.25) is 4.90 Å². The summed E-state index contributed by atoms with van der Waals surface area (Å²) in [6.07, 6.45) is 0. The van der Waals surface area contributed by atoms with Crippen LogP contribution in [-0.2, 0) is 0 Å². The van der Waals surface area contributed by atoms with Gasteiger partial charge >= 0.3 is 0 Å². The Kier molecular flexibility index (Phi) is 2.16. The van der Waals surface area contributed by atoms with Gasteiger partial charge in [-0.2, -0.15) is 0 Å². The van der Waals surface area contributed by atoms with E-state index in [-0.39, 0.29) is 0 Å². The van der Waals surface area contributed by atoms with Gasteiger partial charge in [0.25, 0.3) is 0 Å². The Hall–Kier alpha value is -0.0800. The van der Waals surface area contributed by atoms with Crippen molar-refractivity contribution in [1.29, 1.82) is 0 Å². The monoisotopic (exact) mass is 182 g/mol. The van der Waals surface area contributed by atoms with Gasteiger partial charge in [0.15, 0.2) is 0 Å². The molecule has 0 spiro atoms. The summed E-state index contributed by atoms with van der Waals surface area (Å²) >= 11 is 0. The molecule has 0 aliphatic carbocycles. The number of fused-ring (bicyclic) bond motifs is 1. The number of hydrogen-bond acceptors (Lipinski definition) is 2. The van der Waals surface area contributed by atoms with E-state index in [4.69, 9.17) is 0 Å². The quantitative estimate of drug-likeness (QED) is 0.658. The number of hydrogen-bond donors (Lipinski definition) is 1. The number of nitrogens with zero attached hydrogens (tertiary/aromatic N) is 1. The molecule has 2 atom stereocenters. The highest BCUT2D eigenvalue weighted by atomic mass is 15.3. The highest BCUT2D eigenvalue weighted by molar-refractivity contribution is 5.05. The lowest BCUT2D eigenvalue weighted by Crippen LogP contribution is -2.47. The summed E-state index contributed by atoms with van der Waals surface area (Å²) in [4.78, 5) is 2.67. The molecule has 76 valence electrons. The zero-order valence-electron chi connectivity index (χ0n) is 9.30. The molecule has 2 aliphatic heterocycles. The second-order valence-corrected chi connectivity index (χ2v) is 5.42. The van der Waals surface area contributed by atoms with Gasteiger partial charge in [-0.25, -0.2) is 0 Å². The van der Waals surface area contributed by atoms with Gasteiger partial charge < -0.3 is 5.32 Å². The largest absolute Gasteiger partial charge is 0.316 e. The average molecular weight is 182 g/mol. The van der Waals surface area contributed by atoms with Crippen LogP contribution in [0.15, 0.2) is 0 Å². The maximum absolute atomic E-state index is 3.51. The Labute approximate surface area is 81.7 Å². The minimum atomic E-state index is 0.405. The van der Waals surface area contributed by atoms with Gasteiger partial charge in [0.2, 0.25) is 0 Å². The Morgan fingerprint density at radius 3 is 2.54 bits per heavy atom. The summed E-state index contributed by atoms with van der Waals surface area (Å²) in [6, 6.07) is 0.695. The maximum Gasteiger partial charge on any atom is 0.0199 e. The Morgan fingerprint density at radius 1 is 1.31 bits per heavy atom. The lowest BCUT2D eigenvalue weighted by atomic mass is 9.84. The molecule has 0 bridgehead atoms. The van der Waals surface area contributed by atoms with Crippen molar-refractivity contribution in [3.63, 3.8) is 0 Å². The first kappa shape index (κ1) is 9.47. The third-order valence-corrected chi connectivity index (χ3v) is 4.04. The van der Waals surface area contributed by atoms with Gasteiger partial charge in [0.05, 0.1) is 0 Å². The molecule has 2 heterocycles. The molecule has 2 nitrogen and oxygen atoms in total. The first-order valence-electron chi connectivity index (χ1n) is 5.51. The van der Waals surface area contributed by atoms with Gasteiger partial charge in [0, 0.05) is 24.7 Å². The van der Waals surface area contributed by atoms with E-state index < -0.39 is 0 Å². The molecular weight excluding hydrogens is 160 g/mol. The molecule has 2 unspecified atom stereocenters. The van der Waals surface area contributed by atoms with E-state index in [0.29, 0.717) is 11.6 Å². The SMILES string of the molecule is CC(C)N1CC2CNCC2C1(C)C. The molecule has 0 aromatic rings. The molecule has 2 rings (SSSR count). The second kappa shape index (κ2) is 2.96. The summed E-state index contributed by atoms with van der Waals surface area (Å²) in [6.45, 7) is 13.2. The van der Waals surface area contributed by atoms with Crippen LogP contribution < -0.4 is 5.32 Å². The zero-order chi connectivity index (χ0) is 9.64.